The Hall–Kier alpha value is -4.46. The molecular formula is C20H11F6N7O. The van der Waals surface area contributed by atoms with Gasteiger partial charge in [0.15, 0.2) is 11.6 Å². The monoisotopic (exact) mass is 479 g/mol. The van der Waals surface area contributed by atoms with E-state index in [9.17, 15) is 31.1 Å². The zero-order valence-corrected chi connectivity index (χ0v) is 16.9. The summed E-state index contributed by atoms with van der Waals surface area (Å²) in [6.07, 6.45) is -9.03. The van der Waals surface area contributed by atoms with Gasteiger partial charge in [0.05, 0.1) is 22.7 Å². The predicted molar refractivity (Wildman–Crippen MR) is 101 cm³/mol. The van der Waals surface area contributed by atoms with Gasteiger partial charge in [-0.2, -0.15) is 41.5 Å². The third-order valence-electron chi connectivity index (χ3n) is 4.41. The van der Waals surface area contributed by atoms with E-state index in [4.69, 9.17) is 10.5 Å². The number of aromatic nitrogens is 4. The number of carbonyl (C=O) groups excluding carboxylic acids is 1. The summed E-state index contributed by atoms with van der Waals surface area (Å²) in [5.74, 6) is -1.56. The summed E-state index contributed by atoms with van der Waals surface area (Å²) in [4.78, 5) is 20.5. The lowest BCUT2D eigenvalue weighted by atomic mass is 10.0. The van der Waals surface area contributed by atoms with Crippen molar-refractivity contribution < 1.29 is 31.1 Å². The van der Waals surface area contributed by atoms with Crippen molar-refractivity contribution in [2.75, 3.05) is 0 Å². The second kappa shape index (κ2) is 8.82. The van der Waals surface area contributed by atoms with Crippen LogP contribution in [0, 0.1) is 22.7 Å². The fourth-order valence-corrected chi connectivity index (χ4v) is 2.83. The van der Waals surface area contributed by atoms with Crippen LogP contribution in [0.1, 0.15) is 51.7 Å². The number of rotatable bonds is 4. The lowest BCUT2D eigenvalue weighted by Gasteiger charge is -2.17. The summed E-state index contributed by atoms with van der Waals surface area (Å²) in [5.41, 5.74) is -3.94. The van der Waals surface area contributed by atoms with Gasteiger partial charge in [0, 0.05) is 11.8 Å². The first-order chi connectivity index (χ1) is 15.8. The molecule has 1 atom stereocenters. The lowest BCUT2D eigenvalue weighted by molar-refractivity contribution is -0.143. The number of hydrogen-bond donors (Lipinski definition) is 1. The fourth-order valence-electron chi connectivity index (χ4n) is 2.83. The van der Waals surface area contributed by atoms with Crippen LogP contribution in [0.5, 0.6) is 0 Å². The Balaban J connectivity index is 1.97. The normalized spacial score (nSPS) is 12.5. The molecule has 0 bridgehead atoms. The molecule has 0 saturated heterocycles. The maximum atomic E-state index is 13.1. The van der Waals surface area contributed by atoms with Gasteiger partial charge in [0.25, 0.3) is 11.7 Å². The molecule has 1 amide bonds. The van der Waals surface area contributed by atoms with Crippen molar-refractivity contribution in [3.05, 3.63) is 70.4 Å². The Morgan fingerprint density at radius 3 is 2.12 bits per heavy atom. The molecule has 1 unspecified atom stereocenters. The minimum atomic E-state index is -5.12. The summed E-state index contributed by atoms with van der Waals surface area (Å²) < 4.78 is 79.6. The Kier molecular flexibility index (Phi) is 6.27. The van der Waals surface area contributed by atoms with E-state index in [1.54, 1.807) is 6.07 Å². The Morgan fingerprint density at radius 1 is 1.03 bits per heavy atom. The molecule has 0 fully saturated rings. The Morgan fingerprint density at radius 2 is 1.65 bits per heavy atom. The predicted octanol–water partition coefficient (Wildman–Crippen LogP) is 3.93. The summed E-state index contributed by atoms with van der Waals surface area (Å²) in [7, 11) is 0. The van der Waals surface area contributed by atoms with Gasteiger partial charge in [0.1, 0.15) is 12.1 Å². The van der Waals surface area contributed by atoms with Crippen molar-refractivity contribution in [3.63, 3.8) is 0 Å². The standard InChI is InChI=1S/C20H11F6N7O/c1-10(17-31-15(8-28)32-33(17)16-3-2-11(7-27)9-29-16)30-18(34)12-4-13(19(21,22)23)6-14(5-12)20(24,25)26/h2-6,9-10H,1H3,(H,30,34). The van der Waals surface area contributed by atoms with Crippen LogP contribution in [0.2, 0.25) is 0 Å². The maximum absolute atomic E-state index is 13.1. The van der Waals surface area contributed by atoms with E-state index in [1.807, 2.05) is 6.07 Å². The van der Waals surface area contributed by atoms with Crippen LogP contribution in [0.3, 0.4) is 0 Å². The van der Waals surface area contributed by atoms with Crippen LogP contribution in [0.25, 0.3) is 5.82 Å². The number of amides is 1. The third kappa shape index (κ3) is 5.12. The molecule has 1 aromatic carbocycles. The molecule has 174 valence electrons. The zero-order chi connectivity index (χ0) is 25.3. The molecule has 0 saturated carbocycles. The van der Waals surface area contributed by atoms with Gasteiger partial charge < -0.3 is 5.32 Å². The Bertz CT molecular complexity index is 1280. The van der Waals surface area contributed by atoms with E-state index in [0.29, 0.717) is 12.1 Å². The molecule has 1 N–H and O–H groups in total. The first-order valence-corrected chi connectivity index (χ1v) is 9.17. The van der Waals surface area contributed by atoms with Crippen LogP contribution in [-0.2, 0) is 12.4 Å². The number of nitrogens with zero attached hydrogens (tertiary/aromatic N) is 6. The van der Waals surface area contributed by atoms with Gasteiger partial charge in [-0.05, 0) is 37.3 Å². The molecule has 0 aliphatic rings. The number of nitriles is 2. The number of nitrogens with one attached hydrogen (secondary N) is 1. The van der Waals surface area contributed by atoms with Crippen LogP contribution in [0.4, 0.5) is 26.3 Å². The molecule has 3 rings (SSSR count). The highest BCUT2D eigenvalue weighted by atomic mass is 19.4. The smallest absolute Gasteiger partial charge is 0.342 e. The molecule has 34 heavy (non-hydrogen) atoms. The van der Waals surface area contributed by atoms with Crippen LogP contribution >= 0.6 is 0 Å². The summed E-state index contributed by atoms with van der Waals surface area (Å²) in [5, 5.41) is 24.1. The number of hydrogen-bond acceptors (Lipinski definition) is 6. The number of benzene rings is 1. The van der Waals surface area contributed by atoms with E-state index >= 15 is 0 Å². The SMILES string of the molecule is CC(NC(=O)c1cc(C(F)(F)F)cc(C(F)(F)F)c1)c1nc(C#N)nn1-c1ccc(C#N)cn1. The molecule has 0 spiro atoms. The summed E-state index contributed by atoms with van der Waals surface area (Å²) in [6, 6.07) is 5.68. The van der Waals surface area contributed by atoms with Crippen molar-refractivity contribution in [1.29, 1.82) is 10.5 Å². The van der Waals surface area contributed by atoms with Gasteiger partial charge in [-0.1, -0.05) is 0 Å². The van der Waals surface area contributed by atoms with Crippen molar-refractivity contribution in [2.45, 2.75) is 25.3 Å². The van der Waals surface area contributed by atoms with E-state index in [1.165, 1.54) is 25.3 Å². The second-order valence-corrected chi connectivity index (χ2v) is 6.82. The molecule has 0 aliphatic heterocycles. The van der Waals surface area contributed by atoms with Crippen molar-refractivity contribution in [3.8, 4) is 18.0 Å². The first-order valence-electron chi connectivity index (χ1n) is 9.17. The van der Waals surface area contributed by atoms with E-state index in [0.717, 1.165) is 4.68 Å². The van der Waals surface area contributed by atoms with Crippen molar-refractivity contribution in [1.82, 2.24) is 25.1 Å². The van der Waals surface area contributed by atoms with Crippen molar-refractivity contribution in [2.24, 2.45) is 0 Å². The second-order valence-electron chi connectivity index (χ2n) is 6.82. The van der Waals surface area contributed by atoms with Crippen LogP contribution < -0.4 is 5.32 Å². The largest absolute Gasteiger partial charge is 0.416 e. The molecule has 0 radical (unpaired) electrons. The number of carbonyl (C=O) groups is 1. The Labute approximate surface area is 187 Å². The fraction of sp³-hybridized carbons (Fsp3) is 0.200. The average molecular weight is 479 g/mol. The van der Waals surface area contributed by atoms with Crippen LogP contribution in [-0.4, -0.2) is 25.7 Å². The van der Waals surface area contributed by atoms with E-state index < -0.39 is 41.0 Å². The molecule has 8 nitrogen and oxygen atoms in total. The highest BCUT2D eigenvalue weighted by Crippen LogP contribution is 2.36. The topological polar surface area (TPSA) is 120 Å². The molecule has 3 aromatic rings. The average Bonchev–Trinajstić information content (AvgIpc) is 3.22. The lowest BCUT2D eigenvalue weighted by Crippen LogP contribution is -2.29. The van der Waals surface area contributed by atoms with Gasteiger partial charge in [-0.25, -0.2) is 9.97 Å². The number of halogens is 6. The van der Waals surface area contributed by atoms with Crippen molar-refractivity contribution >= 4 is 5.91 Å². The zero-order valence-electron chi connectivity index (χ0n) is 16.9. The summed E-state index contributed by atoms with van der Waals surface area (Å²) in [6.45, 7) is 1.33. The van der Waals surface area contributed by atoms with Crippen LogP contribution in [0.15, 0.2) is 36.5 Å². The molecule has 0 aliphatic carbocycles. The maximum Gasteiger partial charge on any atom is 0.416 e. The highest BCUT2D eigenvalue weighted by molar-refractivity contribution is 5.94. The van der Waals surface area contributed by atoms with E-state index in [-0.39, 0.29) is 29.1 Å². The minimum absolute atomic E-state index is 0.0786. The van der Waals surface area contributed by atoms with Gasteiger partial charge in [0.2, 0.25) is 0 Å². The minimum Gasteiger partial charge on any atom is -0.342 e. The van der Waals surface area contributed by atoms with Gasteiger partial charge >= 0.3 is 12.4 Å². The quantitative estimate of drug-likeness (QED) is 0.566. The highest BCUT2D eigenvalue weighted by Gasteiger charge is 2.37. The van der Waals surface area contributed by atoms with Gasteiger partial charge in [-0.3, -0.25) is 4.79 Å². The van der Waals surface area contributed by atoms with Gasteiger partial charge in [-0.15, -0.1) is 5.10 Å². The number of pyridine rings is 1. The summed E-state index contributed by atoms with van der Waals surface area (Å²) >= 11 is 0. The molecule has 14 heteroatoms. The first kappa shape index (κ1) is 24.2. The number of alkyl halides is 6. The van der Waals surface area contributed by atoms with E-state index in [2.05, 4.69) is 20.4 Å². The molecule has 2 aromatic heterocycles. The molecular weight excluding hydrogens is 468 g/mol. The molecule has 2 heterocycles. The third-order valence-corrected chi connectivity index (χ3v) is 4.41.